The maximum absolute atomic E-state index is 12.5. The molecule has 1 heterocycles. The van der Waals surface area contributed by atoms with Gasteiger partial charge in [0.15, 0.2) is 6.61 Å². The summed E-state index contributed by atoms with van der Waals surface area (Å²) >= 11 is 0. The third-order valence-corrected chi connectivity index (χ3v) is 5.19. The van der Waals surface area contributed by atoms with Gasteiger partial charge in [-0.3, -0.25) is 24.5 Å². The number of rotatable bonds is 7. The van der Waals surface area contributed by atoms with Gasteiger partial charge in [-0.15, -0.1) is 0 Å². The maximum Gasteiger partial charge on any atom is 0.311 e. The zero-order valence-electron chi connectivity index (χ0n) is 17.9. The number of aryl methyl sites for hydroxylation is 2. The predicted molar refractivity (Wildman–Crippen MR) is 116 cm³/mol. The van der Waals surface area contributed by atoms with Crippen LogP contribution in [0.5, 0.6) is 5.75 Å². The van der Waals surface area contributed by atoms with E-state index in [9.17, 15) is 24.5 Å². The first-order valence-electron chi connectivity index (χ1n) is 9.86. The average Bonchev–Trinajstić information content (AvgIpc) is 3.13. The molecule has 10 nitrogen and oxygen atoms in total. The molecule has 0 unspecified atom stereocenters. The zero-order valence-corrected chi connectivity index (χ0v) is 17.9. The van der Waals surface area contributed by atoms with Crippen LogP contribution in [0.4, 0.5) is 17.1 Å². The summed E-state index contributed by atoms with van der Waals surface area (Å²) in [5.41, 5.74) is 2.22. The smallest absolute Gasteiger partial charge is 0.311 e. The number of anilines is 2. The summed E-state index contributed by atoms with van der Waals surface area (Å²) in [5, 5.41) is 13.5. The summed E-state index contributed by atoms with van der Waals surface area (Å²) in [4.78, 5) is 49.3. The van der Waals surface area contributed by atoms with Crippen LogP contribution in [-0.4, -0.2) is 43.0 Å². The van der Waals surface area contributed by atoms with Gasteiger partial charge < -0.3 is 19.7 Å². The Balaban J connectivity index is 1.61. The fourth-order valence-electron chi connectivity index (χ4n) is 3.66. The minimum absolute atomic E-state index is 0.0183. The van der Waals surface area contributed by atoms with Crippen LogP contribution in [0.3, 0.4) is 0 Å². The highest BCUT2D eigenvalue weighted by Crippen LogP contribution is 2.31. The van der Waals surface area contributed by atoms with Gasteiger partial charge in [-0.1, -0.05) is 18.2 Å². The second kappa shape index (κ2) is 9.46. The van der Waals surface area contributed by atoms with Crippen molar-refractivity contribution in [3.05, 3.63) is 57.6 Å². The number of nitro groups is 1. The van der Waals surface area contributed by atoms with E-state index in [-0.39, 0.29) is 30.2 Å². The Morgan fingerprint density at radius 1 is 1.22 bits per heavy atom. The SMILES string of the molecule is COc1ccc([N+](=O)[O-])c(NC(=O)COC(=O)[C@@H]2CC(=O)N(c3c(C)cccc3C)C2)c1. The molecule has 1 atom stereocenters. The molecule has 32 heavy (non-hydrogen) atoms. The number of esters is 1. The van der Waals surface area contributed by atoms with E-state index in [2.05, 4.69) is 5.32 Å². The summed E-state index contributed by atoms with van der Waals surface area (Å²) in [5.74, 6) is -2.01. The summed E-state index contributed by atoms with van der Waals surface area (Å²) in [6, 6.07) is 9.58. The van der Waals surface area contributed by atoms with E-state index in [1.165, 1.54) is 25.3 Å². The number of hydrogen-bond donors (Lipinski definition) is 1. The summed E-state index contributed by atoms with van der Waals surface area (Å²) in [6.45, 7) is 3.31. The molecule has 1 fully saturated rings. The van der Waals surface area contributed by atoms with Crippen LogP contribution in [0.25, 0.3) is 0 Å². The number of nitro benzene ring substituents is 1. The van der Waals surface area contributed by atoms with Gasteiger partial charge in [0.2, 0.25) is 5.91 Å². The average molecular weight is 441 g/mol. The highest BCUT2D eigenvalue weighted by atomic mass is 16.6. The number of amides is 2. The van der Waals surface area contributed by atoms with E-state index in [1.807, 2.05) is 32.0 Å². The molecule has 168 valence electrons. The molecule has 10 heteroatoms. The highest BCUT2D eigenvalue weighted by molar-refractivity contribution is 6.01. The van der Waals surface area contributed by atoms with Gasteiger partial charge >= 0.3 is 5.97 Å². The van der Waals surface area contributed by atoms with Crippen molar-refractivity contribution in [3.8, 4) is 5.75 Å². The summed E-state index contributed by atoms with van der Waals surface area (Å²) in [6.07, 6.45) is -0.0183. The molecule has 0 bridgehead atoms. The Labute approximate surface area is 184 Å². The number of ether oxygens (including phenoxy) is 2. The quantitative estimate of drug-likeness (QED) is 0.397. The van der Waals surface area contributed by atoms with Crippen LogP contribution < -0.4 is 15.0 Å². The molecule has 3 rings (SSSR count). The van der Waals surface area contributed by atoms with Gasteiger partial charge in [-0.2, -0.15) is 0 Å². The number of para-hydroxylation sites is 1. The Morgan fingerprint density at radius 3 is 2.53 bits per heavy atom. The Hall–Kier alpha value is -3.95. The third kappa shape index (κ3) is 4.85. The van der Waals surface area contributed by atoms with E-state index in [1.54, 1.807) is 4.90 Å². The number of nitrogens with zero attached hydrogens (tertiary/aromatic N) is 2. The van der Waals surface area contributed by atoms with Gasteiger partial charge in [0, 0.05) is 30.8 Å². The minimum Gasteiger partial charge on any atom is -0.497 e. The lowest BCUT2D eigenvalue weighted by Gasteiger charge is -2.21. The largest absolute Gasteiger partial charge is 0.497 e. The van der Waals surface area contributed by atoms with Crippen LogP contribution in [0, 0.1) is 29.9 Å². The first kappa shape index (κ1) is 22.7. The molecule has 0 aliphatic carbocycles. The first-order chi connectivity index (χ1) is 15.2. The Bertz CT molecular complexity index is 1060. The Kier molecular flexibility index (Phi) is 6.72. The van der Waals surface area contributed by atoms with E-state index in [4.69, 9.17) is 9.47 Å². The zero-order chi connectivity index (χ0) is 23.4. The lowest BCUT2D eigenvalue weighted by Crippen LogP contribution is -2.29. The fourth-order valence-corrected chi connectivity index (χ4v) is 3.66. The van der Waals surface area contributed by atoms with Gasteiger partial charge in [-0.05, 0) is 31.0 Å². The molecule has 2 aromatic carbocycles. The number of nitrogens with one attached hydrogen (secondary N) is 1. The number of methoxy groups -OCH3 is 1. The molecule has 1 aliphatic heterocycles. The van der Waals surface area contributed by atoms with Crippen molar-refractivity contribution in [1.29, 1.82) is 0 Å². The molecule has 0 saturated carbocycles. The molecule has 2 amide bonds. The van der Waals surface area contributed by atoms with E-state index in [0.717, 1.165) is 16.8 Å². The molecule has 0 spiro atoms. The van der Waals surface area contributed by atoms with E-state index in [0.29, 0.717) is 5.75 Å². The lowest BCUT2D eigenvalue weighted by molar-refractivity contribution is -0.383. The van der Waals surface area contributed by atoms with E-state index < -0.39 is 29.3 Å². The molecule has 1 N–H and O–H groups in total. The molecular formula is C22H23N3O7. The number of carbonyl (C=O) groups excluding carboxylic acids is 3. The van der Waals surface area contributed by atoms with Crippen LogP contribution >= 0.6 is 0 Å². The lowest BCUT2D eigenvalue weighted by atomic mass is 10.1. The fraction of sp³-hybridized carbons (Fsp3) is 0.318. The van der Waals surface area contributed by atoms with Gasteiger partial charge in [0.1, 0.15) is 11.4 Å². The second-order valence-electron chi connectivity index (χ2n) is 7.44. The van der Waals surface area contributed by atoms with Crippen LogP contribution in [-0.2, 0) is 19.1 Å². The monoisotopic (exact) mass is 441 g/mol. The van der Waals surface area contributed by atoms with E-state index >= 15 is 0 Å². The number of carbonyl (C=O) groups is 3. The normalized spacial score (nSPS) is 15.4. The molecule has 1 saturated heterocycles. The highest BCUT2D eigenvalue weighted by Gasteiger charge is 2.37. The number of hydrogen-bond acceptors (Lipinski definition) is 7. The van der Waals surface area contributed by atoms with Gasteiger partial charge in [0.25, 0.3) is 11.6 Å². The second-order valence-corrected chi connectivity index (χ2v) is 7.44. The molecule has 1 aliphatic rings. The molecule has 0 radical (unpaired) electrons. The topological polar surface area (TPSA) is 128 Å². The van der Waals surface area contributed by atoms with Crippen molar-refractivity contribution in [2.75, 3.05) is 30.5 Å². The van der Waals surface area contributed by atoms with Crippen molar-refractivity contribution in [2.24, 2.45) is 5.92 Å². The Morgan fingerprint density at radius 2 is 1.91 bits per heavy atom. The molecule has 0 aromatic heterocycles. The predicted octanol–water partition coefficient (Wildman–Crippen LogP) is 2.76. The third-order valence-electron chi connectivity index (χ3n) is 5.19. The van der Waals surface area contributed by atoms with Crippen LogP contribution in [0.15, 0.2) is 36.4 Å². The summed E-state index contributed by atoms with van der Waals surface area (Å²) < 4.78 is 10.1. The van der Waals surface area contributed by atoms with Crippen molar-refractivity contribution in [2.45, 2.75) is 20.3 Å². The van der Waals surface area contributed by atoms with Crippen molar-refractivity contribution in [3.63, 3.8) is 0 Å². The van der Waals surface area contributed by atoms with Gasteiger partial charge in [-0.25, -0.2) is 0 Å². The van der Waals surface area contributed by atoms with Crippen molar-refractivity contribution >= 4 is 34.8 Å². The summed E-state index contributed by atoms with van der Waals surface area (Å²) in [7, 11) is 1.39. The first-order valence-corrected chi connectivity index (χ1v) is 9.86. The maximum atomic E-state index is 12.5. The van der Waals surface area contributed by atoms with Crippen LogP contribution in [0.1, 0.15) is 17.5 Å². The standard InChI is InChI=1S/C22H23N3O7/c1-13-5-4-6-14(2)21(13)24-11-15(9-20(24)27)22(28)32-12-19(26)23-17-10-16(31-3)7-8-18(17)25(29)30/h4-8,10,15H,9,11-12H2,1-3H3,(H,23,26)/t15-/m1/s1. The number of benzene rings is 2. The van der Waals surface area contributed by atoms with Crippen molar-refractivity contribution in [1.82, 2.24) is 0 Å². The van der Waals surface area contributed by atoms with Crippen molar-refractivity contribution < 1.29 is 28.8 Å². The van der Waals surface area contributed by atoms with Crippen LogP contribution in [0.2, 0.25) is 0 Å². The minimum atomic E-state index is -0.745. The van der Waals surface area contributed by atoms with Gasteiger partial charge in [0.05, 0.1) is 18.0 Å². The molecule has 2 aromatic rings. The molecular weight excluding hydrogens is 418 g/mol.